The van der Waals surface area contributed by atoms with E-state index in [1.165, 1.54) is 6.07 Å². The van der Waals surface area contributed by atoms with Crippen molar-refractivity contribution in [2.45, 2.75) is 30.8 Å². The molecule has 24 heavy (non-hydrogen) atoms. The van der Waals surface area contributed by atoms with Gasteiger partial charge in [-0.05, 0) is 39.7 Å². The van der Waals surface area contributed by atoms with Crippen molar-refractivity contribution in [1.82, 2.24) is 19.8 Å². The molecule has 4 N–H and O–H groups in total. The zero-order chi connectivity index (χ0) is 17.9. The molecule has 0 saturated carbocycles. The van der Waals surface area contributed by atoms with Gasteiger partial charge in [-0.25, -0.2) is 4.79 Å². The number of ether oxygens (including phenoxy) is 1. The first-order chi connectivity index (χ1) is 11.2. The van der Waals surface area contributed by atoms with E-state index in [1.807, 2.05) is 19.0 Å². The first-order valence-corrected chi connectivity index (χ1v) is 7.65. The SMILES string of the molecule is CN(C)CCCNC[C@H]1O[C@@H](n2ccc(N)nc2=O)C(F)(F)[C@@H]1O. The van der Waals surface area contributed by atoms with Crippen molar-refractivity contribution < 1.29 is 18.6 Å². The largest absolute Gasteiger partial charge is 0.384 e. The molecule has 0 bridgehead atoms. The standard InChI is InChI=1S/C14H23F2N5O3/c1-20(2)6-3-5-18-8-9-11(22)14(15,16)12(24-9)21-7-4-10(17)19-13(21)23/h4,7,9,11-12,18,22H,3,5-6,8H2,1-2H3,(H2,17,19,23)/t9-,11-,12-/m1/s1. The van der Waals surface area contributed by atoms with Gasteiger partial charge in [0.1, 0.15) is 18.0 Å². The third-order valence-electron chi connectivity index (χ3n) is 3.79. The van der Waals surface area contributed by atoms with Crippen molar-refractivity contribution in [3.05, 3.63) is 22.7 Å². The molecule has 0 unspecified atom stereocenters. The fourth-order valence-electron chi connectivity index (χ4n) is 2.50. The van der Waals surface area contributed by atoms with Gasteiger partial charge in [0.15, 0.2) is 0 Å². The van der Waals surface area contributed by atoms with Crippen LogP contribution in [0.4, 0.5) is 14.6 Å². The molecule has 0 amide bonds. The third-order valence-corrected chi connectivity index (χ3v) is 3.79. The molecule has 0 radical (unpaired) electrons. The molecule has 1 fully saturated rings. The van der Waals surface area contributed by atoms with Gasteiger partial charge in [0.25, 0.3) is 0 Å². The van der Waals surface area contributed by atoms with Crippen LogP contribution in [0.1, 0.15) is 12.6 Å². The predicted molar refractivity (Wildman–Crippen MR) is 83.8 cm³/mol. The molecule has 2 rings (SSSR count). The zero-order valence-corrected chi connectivity index (χ0v) is 13.7. The van der Waals surface area contributed by atoms with Gasteiger partial charge in [0.05, 0.1) is 0 Å². The maximum Gasteiger partial charge on any atom is 0.351 e. The highest BCUT2D eigenvalue weighted by Crippen LogP contribution is 2.41. The van der Waals surface area contributed by atoms with E-state index in [0.717, 1.165) is 19.2 Å². The first-order valence-electron chi connectivity index (χ1n) is 7.65. The minimum absolute atomic E-state index is 0.0534. The van der Waals surface area contributed by atoms with Crippen molar-refractivity contribution in [1.29, 1.82) is 0 Å². The van der Waals surface area contributed by atoms with E-state index in [1.54, 1.807) is 0 Å². The quantitative estimate of drug-likeness (QED) is 0.558. The van der Waals surface area contributed by atoms with Crippen molar-refractivity contribution in [3.8, 4) is 0 Å². The second kappa shape index (κ2) is 7.51. The summed E-state index contributed by atoms with van der Waals surface area (Å²) < 4.78 is 34.4. The van der Waals surface area contributed by atoms with Gasteiger partial charge in [-0.2, -0.15) is 13.8 Å². The Morgan fingerprint density at radius 3 is 2.88 bits per heavy atom. The van der Waals surface area contributed by atoms with Crippen LogP contribution in [0.15, 0.2) is 17.1 Å². The number of alkyl halides is 2. The number of nitrogens with one attached hydrogen (secondary N) is 1. The molecular formula is C14H23F2N5O3. The van der Waals surface area contributed by atoms with E-state index in [2.05, 4.69) is 10.3 Å². The highest BCUT2D eigenvalue weighted by Gasteiger charge is 2.59. The normalized spacial score (nSPS) is 26.2. The highest BCUT2D eigenvalue weighted by molar-refractivity contribution is 5.23. The van der Waals surface area contributed by atoms with Crippen LogP contribution in [-0.2, 0) is 4.74 Å². The van der Waals surface area contributed by atoms with Gasteiger partial charge in [0, 0.05) is 12.7 Å². The Labute approximate surface area is 138 Å². The van der Waals surface area contributed by atoms with Gasteiger partial charge < -0.3 is 25.8 Å². The van der Waals surface area contributed by atoms with Crippen molar-refractivity contribution in [2.24, 2.45) is 0 Å². The van der Waals surface area contributed by atoms with E-state index in [4.69, 9.17) is 10.5 Å². The molecule has 1 aliphatic rings. The van der Waals surface area contributed by atoms with Crippen LogP contribution in [-0.4, -0.2) is 71.4 Å². The Bertz CT molecular complexity index is 610. The summed E-state index contributed by atoms with van der Waals surface area (Å²) in [6.45, 7) is 1.51. The average molecular weight is 347 g/mol. The summed E-state index contributed by atoms with van der Waals surface area (Å²) in [6.07, 6.45) is -3.15. The van der Waals surface area contributed by atoms with E-state index in [-0.39, 0.29) is 12.4 Å². The maximum atomic E-state index is 14.3. The smallest absolute Gasteiger partial charge is 0.351 e. The van der Waals surface area contributed by atoms with Crippen LogP contribution in [0.25, 0.3) is 0 Å². The topological polar surface area (TPSA) is 106 Å². The number of rotatable bonds is 7. The molecule has 1 aliphatic heterocycles. The Balaban J connectivity index is 2.01. The number of anilines is 1. The monoisotopic (exact) mass is 347 g/mol. The van der Waals surface area contributed by atoms with Crippen LogP contribution >= 0.6 is 0 Å². The van der Waals surface area contributed by atoms with Gasteiger partial charge in [-0.3, -0.25) is 4.57 Å². The van der Waals surface area contributed by atoms with Crippen LogP contribution in [0.5, 0.6) is 0 Å². The lowest BCUT2D eigenvalue weighted by molar-refractivity contribution is -0.140. The van der Waals surface area contributed by atoms with E-state index < -0.39 is 30.0 Å². The van der Waals surface area contributed by atoms with Gasteiger partial charge >= 0.3 is 11.6 Å². The Morgan fingerprint density at radius 1 is 1.54 bits per heavy atom. The number of nitrogen functional groups attached to an aromatic ring is 1. The van der Waals surface area contributed by atoms with E-state index in [9.17, 15) is 18.7 Å². The highest BCUT2D eigenvalue weighted by atomic mass is 19.3. The van der Waals surface area contributed by atoms with Crippen LogP contribution in [0, 0.1) is 0 Å². The molecule has 8 nitrogen and oxygen atoms in total. The molecule has 10 heteroatoms. The minimum atomic E-state index is -3.61. The predicted octanol–water partition coefficient (Wildman–Crippen LogP) is -0.740. The molecule has 0 spiro atoms. The number of aliphatic hydroxyl groups excluding tert-OH is 1. The summed E-state index contributed by atoms with van der Waals surface area (Å²) in [5, 5.41) is 12.8. The number of hydrogen-bond acceptors (Lipinski definition) is 7. The van der Waals surface area contributed by atoms with Gasteiger partial charge in [0.2, 0.25) is 6.23 Å². The van der Waals surface area contributed by atoms with Crippen molar-refractivity contribution in [3.63, 3.8) is 0 Å². The molecule has 0 aromatic carbocycles. The molecule has 0 aliphatic carbocycles. The molecule has 136 valence electrons. The van der Waals surface area contributed by atoms with Crippen LogP contribution < -0.4 is 16.7 Å². The third kappa shape index (κ3) is 4.07. The minimum Gasteiger partial charge on any atom is -0.384 e. The molecular weight excluding hydrogens is 324 g/mol. The lowest BCUT2D eigenvalue weighted by atomic mass is 10.1. The number of aliphatic hydroxyl groups is 1. The lowest BCUT2D eigenvalue weighted by Gasteiger charge is -2.20. The maximum absolute atomic E-state index is 14.3. The van der Waals surface area contributed by atoms with Crippen LogP contribution in [0.2, 0.25) is 0 Å². The fraction of sp³-hybridized carbons (Fsp3) is 0.714. The van der Waals surface area contributed by atoms with Crippen molar-refractivity contribution >= 4 is 5.82 Å². The summed E-state index contributed by atoms with van der Waals surface area (Å²) in [5.74, 6) is -3.69. The second-order valence-electron chi connectivity index (χ2n) is 6.05. The summed E-state index contributed by atoms with van der Waals surface area (Å²) in [7, 11) is 3.88. The van der Waals surface area contributed by atoms with E-state index >= 15 is 0 Å². The summed E-state index contributed by atoms with van der Waals surface area (Å²) in [5.41, 5.74) is 4.40. The number of nitrogens with two attached hydrogens (primary N) is 1. The lowest BCUT2D eigenvalue weighted by Crippen LogP contribution is -2.43. The zero-order valence-electron chi connectivity index (χ0n) is 13.7. The fourth-order valence-corrected chi connectivity index (χ4v) is 2.50. The Hall–Kier alpha value is -1.62. The second-order valence-corrected chi connectivity index (χ2v) is 6.05. The molecule has 3 atom stereocenters. The summed E-state index contributed by atoms with van der Waals surface area (Å²) in [4.78, 5) is 17.2. The number of aromatic nitrogens is 2. The van der Waals surface area contributed by atoms with Crippen LogP contribution in [0.3, 0.4) is 0 Å². The van der Waals surface area contributed by atoms with Crippen molar-refractivity contribution in [2.75, 3.05) is 39.5 Å². The van der Waals surface area contributed by atoms with Gasteiger partial charge in [-0.1, -0.05) is 0 Å². The first kappa shape index (κ1) is 18.7. The number of halogens is 2. The Morgan fingerprint density at radius 2 is 2.25 bits per heavy atom. The van der Waals surface area contributed by atoms with E-state index in [0.29, 0.717) is 11.1 Å². The summed E-state index contributed by atoms with van der Waals surface area (Å²) in [6, 6.07) is 1.22. The number of hydrogen-bond donors (Lipinski definition) is 3. The Kier molecular flexibility index (Phi) is 5.86. The van der Waals surface area contributed by atoms with Gasteiger partial charge in [-0.15, -0.1) is 0 Å². The molecule has 2 heterocycles. The molecule has 1 aromatic heterocycles. The average Bonchev–Trinajstić information content (AvgIpc) is 2.70. The summed E-state index contributed by atoms with van der Waals surface area (Å²) >= 11 is 0. The number of nitrogens with zero attached hydrogens (tertiary/aromatic N) is 3. The molecule has 1 saturated heterocycles. The molecule has 1 aromatic rings.